The van der Waals surface area contributed by atoms with Gasteiger partial charge in [-0.3, -0.25) is 0 Å². The Kier molecular flexibility index (Phi) is 16.4. The number of hydrogen-bond acceptors (Lipinski definition) is 4. The molecule has 0 saturated carbocycles. The van der Waals surface area contributed by atoms with Crippen molar-refractivity contribution in [2.45, 2.75) is 19.3 Å². The number of fused-ring (bicyclic) bond motifs is 24. The highest BCUT2D eigenvalue weighted by Gasteiger charge is 2.38. The van der Waals surface area contributed by atoms with Gasteiger partial charge >= 0.3 is 0 Å². The van der Waals surface area contributed by atoms with Gasteiger partial charge in [0.05, 0.1) is 77.6 Å². The largest absolute Gasteiger partial charge is 0.309 e. The molecule has 28 aromatic rings. The van der Waals surface area contributed by atoms with Crippen LogP contribution in [0.1, 0.15) is 25.0 Å². The van der Waals surface area contributed by atoms with Gasteiger partial charge in [-0.05, 0) is 241 Å². The van der Waals surface area contributed by atoms with Crippen molar-refractivity contribution in [1.82, 2.24) is 42.8 Å². The lowest BCUT2D eigenvalue weighted by Crippen LogP contribution is -2.16. The number of nitrogens with zero attached hydrogens (tertiary/aromatic N) is 9. The minimum atomic E-state index is -0.181. The monoisotopic (exact) mass is 1710 g/mol. The van der Waals surface area contributed by atoms with E-state index in [1.165, 1.54) is 152 Å². The van der Waals surface area contributed by atoms with Gasteiger partial charge in [0.15, 0.2) is 11.6 Å². The third kappa shape index (κ3) is 11.5. The number of hydrogen-bond donors (Lipinski definition) is 0. The van der Waals surface area contributed by atoms with Crippen LogP contribution in [0.2, 0.25) is 0 Å². The molecule has 1 aliphatic rings. The average Bonchev–Trinajstić information content (AvgIpc) is 1.56. The second kappa shape index (κ2) is 29.2. The van der Waals surface area contributed by atoms with Gasteiger partial charge in [-0.15, -0.1) is 0 Å². The summed E-state index contributed by atoms with van der Waals surface area (Å²) in [6.45, 7) is 4.69. The fourth-order valence-electron chi connectivity index (χ4n) is 22.5. The molecule has 7 heterocycles. The normalized spacial score (nSPS) is 12.6. The highest BCUT2D eigenvalue weighted by atomic mass is 15.0. The Labute approximate surface area is 769 Å². The van der Waals surface area contributed by atoms with Gasteiger partial charge in [-0.2, -0.15) is 0 Å². The first kappa shape index (κ1) is 75.3. The van der Waals surface area contributed by atoms with Crippen molar-refractivity contribution in [2.24, 2.45) is 0 Å². The zero-order valence-corrected chi connectivity index (χ0v) is 73.2. The molecule has 0 N–H and O–H groups in total. The second-order valence-corrected chi connectivity index (χ2v) is 36.4. The average molecular weight is 1710 g/mol. The predicted molar refractivity (Wildman–Crippen MR) is 560 cm³/mol. The van der Waals surface area contributed by atoms with Crippen molar-refractivity contribution >= 4 is 174 Å². The Morgan fingerprint density at radius 3 is 0.948 bits per heavy atom. The SMILES string of the molecule is CC1(C)c2ccccc2-c2cccc(-c3nc(-c4ccc(-n5c6cc(-n7c8ccccc8c8cc9ccccc9cc87)ccc6c6cc7ccccc7cc65)cc4)nc4ccccc34)c21.c1ccc(-n2c3ccccc3c3cc(-c4nc(-c5ccc(-n6c7cc(-n8c9ccccc9c9cc%10ccccc%10cc98)ccc7c7cc8ccccc8cc76)cc5)nc5ccccc45)ccc32)cc1. The van der Waals surface area contributed by atoms with Crippen molar-refractivity contribution in [3.63, 3.8) is 0 Å². The molecule has 0 fully saturated rings. The lowest BCUT2D eigenvalue weighted by Gasteiger charge is -2.24. The van der Waals surface area contributed by atoms with Crippen LogP contribution in [0.25, 0.3) is 259 Å². The van der Waals surface area contributed by atoms with Crippen molar-refractivity contribution in [3.05, 3.63) is 454 Å². The van der Waals surface area contributed by atoms with Crippen LogP contribution in [-0.2, 0) is 5.41 Å². The molecule has 1 aliphatic carbocycles. The van der Waals surface area contributed by atoms with Crippen LogP contribution in [-0.4, -0.2) is 42.8 Å². The van der Waals surface area contributed by atoms with Crippen LogP contribution in [0.4, 0.5) is 0 Å². The summed E-state index contributed by atoms with van der Waals surface area (Å²) in [4.78, 5) is 21.3. The Bertz CT molecular complexity index is 9870. The minimum Gasteiger partial charge on any atom is -0.309 e. The molecule has 0 radical (unpaired) electrons. The highest BCUT2D eigenvalue weighted by molar-refractivity contribution is 6.20. The van der Waals surface area contributed by atoms with Gasteiger partial charge in [0.1, 0.15) is 0 Å². The zero-order chi connectivity index (χ0) is 88.1. The van der Waals surface area contributed by atoms with Gasteiger partial charge in [0, 0.05) is 121 Å². The molecule has 0 spiro atoms. The van der Waals surface area contributed by atoms with Crippen molar-refractivity contribution in [2.75, 3.05) is 0 Å². The molecule has 21 aromatic carbocycles. The summed E-state index contributed by atoms with van der Waals surface area (Å²) in [5.41, 5.74) is 30.2. The van der Waals surface area contributed by atoms with E-state index in [1.54, 1.807) is 0 Å². The Hall–Kier alpha value is -17.7. The maximum atomic E-state index is 5.46. The van der Waals surface area contributed by atoms with Gasteiger partial charge in [0.2, 0.25) is 0 Å². The van der Waals surface area contributed by atoms with Crippen LogP contribution < -0.4 is 0 Å². The number of rotatable bonds is 9. The van der Waals surface area contributed by atoms with Gasteiger partial charge in [-0.25, -0.2) is 19.9 Å². The van der Waals surface area contributed by atoms with E-state index in [2.05, 4.69) is 480 Å². The zero-order valence-electron chi connectivity index (χ0n) is 73.2. The smallest absolute Gasteiger partial charge is 0.160 e. The molecule has 0 bridgehead atoms. The summed E-state index contributed by atoms with van der Waals surface area (Å²) < 4.78 is 12.1. The standard InChI is InChI=1S/C64H39N5.C61H40N4/c1-2-18-46(19-3-1)67-57-24-12-9-20-49(57)53-36-45(28-33-59(53)67)63-52-22-8-11-23-56(52)65-64(66-63)40-26-29-47(30-27-40)68-60-37-43-16-6-5-15-42(43)35-55(60)51-32-31-48(39-62(51)68)69-58-25-13-10-21-50(58)54-34-41-14-4-7-17-44(41)38-61(54)69;1-61(2)52-23-10-7-18-44(52)47-21-13-22-49(58(47)61)59-48-20-8-11-24-53(48)62-60(63-59)37-26-28-42(29-27-37)64-55-34-40-16-5-4-15-39(40)33-51(55)46-31-30-43(36-57(46)64)65-54-25-12-9-19-45(54)50-32-38-14-3-6-17-41(38)35-56(50)65/h1-39H;3-36H,1-2H3. The third-order valence-electron chi connectivity index (χ3n) is 28.6. The van der Waals surface area contributed by atoms with E-state index < -0.39 is 0 Å². The maximum Gasteiger partial charge on any atom is 0.160 e. The Morgan fingerprint density at radius 1 is 0.179 bits per heavy atom. The summed E-state index contributed by atoms with van der Waals surface area (Å²) in [6.07, 6.45) is 0. The highest BCUT2D eigenvalue weighted by Crippen LogP contribution is 2.54. The van der Waals surface area contributed by atoms with E-state index in [1.807, 2.05) is 0 Å². The number of benzene rings is 21. The van der Waals surface area contributed by atoms with E-state index in [0.29, 0.717) is 11.6 Å². The molecule has 0 atom stereocenters. The summed E-state index contributed by atoms with van der Waals surface area (Å²) in [6, 6.07) is 161. The summed E-state index contributed by atoms with van der Waals surface area (Å²) in [5, 5.41) is 24.2. The molecule has 134 heavy (non-hydrogen) atoms. The van der Waals surface area contributed by atoms with Crippen molar-refractivity contribution < 1.29 is 0 Å². The first-order chi connectivity index (χ1) is 66.2. The first-order valence-electron chi connectivity index (χ1n) is 46.0. The van der Waals surface area contributed by atoms with Crippen molar-refractivity contribution in [1.29, 1.82) is 0 Å². The quantitative estimate of drug-likeness (QED) is 0.144. The van der Waals surface area contributed by atoms with Crippen LogP contribution in [0.3, 0.4) is 0 Å². The molecule has 0 aliphatic heterocycles. The van der Waals surface area contributed by atoms with Crippen LogP contribution in [0.5, 0.6) is 0 Å². The first-order valence-corrected chi connectivity index (χ1v) is 46.0. The number of para-hydroxylation sites is 6. The van der Waals surface area contributed by atoms with Gasteiger partial charge in [-0.1, -0.05) is 281 Å². The molecule has 624 valence electrons. The van der Waals surface area contributed by atoms with Crippen LogP contribution in [0, 0.1) is 0 Å². The molecule has 0 amide bonds. The van der Waals surface area contributed by atoms with Crippen molar-refractivity contribution in [3.8, 4) is 84.9 Å². The molecule has 7 aromatic heterocycles. The molecular weight excluding hydrogens is 1630 g/mol. The summed E-state index contributed by atoms with van der Waals surface area (Å²) in [7, 11) is 0. The van der Waals surface area contributed by atoms with E-state index in [0.717, 1.165) is 106 Å². The lowest BCUT2D eigenvalue weighted by molar-refractivity contribution is 0.662. The third-order valence-corrected chi connectivity index (χ3v) is 28.6. The van der Waals surface area contributed by atoms with E-state index in [9.17, 15) is 0 Å². The second-order valence-electron chi connectivity index (χ2n) is 36.4. The lowest BCUT2D eigenvalue weighted by atomic mass is 9.79. The summed E-state index contributed by atoms with van der Waals surface area (Å²) in [5.74, 6) is 1.40. The fraction of sp³-hybridized carbons (Fsp3) is 0.0240. The minimum absolute atomic E-state index is 0.181. The maximum absolute atomic E-state index is 5.46. The molecule has 9 heteroatoms. The van der Waals surface area contributed by atoms with E-state index in [-0.39, 0.29) is 5.41 Å². The predicted octanol–water partition coefficient (Wildman–Crippen LogP) is 32.3. The number of aromatic nitrogens is 9. The van der Waals surface area contributed by atoms with Crippen LogP contribution >= 0.6 is 0 Å². The molecule has 29 rings (SSSR count). The van der Waals surface area contributed by atoms with Gasteiger partial charge < -0.3 is 22.8 Å². The van der Waals surface area contributed by atoms with Gasteiger partial charge in [0.25, 0.3) is 0 Å². The van der Waals surface area contributed by atoms with Crippen LogP contribution in [0.15, 0.2) is 443 Å². The molecular formula is C125H79N9. The topological polar surface area (TPSA) is 76.2 Å². The Morgan fingerprint density at radius 2 is 0.485 bits per heavy atom. The van der Waals surface area contributed by atoms with E-state index >= 15 is 0 Å². The molecule has 0 saturated heterocycles. The Balaban J connectivity index is 0.000000134. The fourth-order valence-corrected chi connectivity index (χ4v) is 22.5. The molecule has 9 nitrogen and oxygen atoms in total. The van der Waals surface area contributed by atoms with E-state index in [4.69, 9.17) is 19.9 Å². The summed E-state index contributed by atoms with van der Waals surface area (Å²) >= 11 is 0. The molecule has 0 unspecified atom stereocenters.